The minimum atomic E-state index is -0.308. The molecular formula is C12H12Cl2N4O. The smallest absolute Gasteiger partial charge is 0.319 e. The van der Waals surface area contributed by atoms with Crippen molar-refractivity contribution in [2.24, 2.45) is 0 Å². The molecule has 3 N–H and O–H groups in total. The highest BCUT2D eigenvalue weighted by atomic mass is 35.5. The predicted octanol–water partition coefficient (Wildman–Crippen LogP) is 3.08. The first-order chi connectivity index (χ1) is 9.13. The van der Waals surface area contributed by atoms with E-state index in [0.717, 1.165) is 5.69 Å². The molecule has 0 saturated heterocycles. The Morgan fingerprint density at radius 3 is 2.63 bits per heavy atom. The Labute approximate surface area is 120 Å². The highest BCUT2D eigenvalue weighted by molar-refractivity contribution is 6.35. The minimum Gasteiger partial charge on any atom is -0.348 e. The highest BCUT2D eigenvalue weighted by Crippen LogP contribution is 2.22. The third-order valence-corrected chi connectivity index (χ3v) is 2.79. The fourth-order valence-corrected chi connectivity index (χ4v) is 2.06. The van der Waals surface area contributed by atoms with Crippen LogP contribution in [-0.2, 0) is 6.42 Å². The molecule has 1 heterocycles. The van der Waals surface area contributed by atoms with Crippen molar-refractivity contribution < 1.29 is 4.79 Å². The maximum absolute atomic E-state index is 11.6. The maximum atomic E-state index is 11.6. The predicted molar refractivity (Wildman–Crippen MR) is 75.8 cm³/mol. The number of carbonyl (C=O) groups is 1. The zero-order valence-corrected chi connectivity index (χ0v) is 11.4. The van der Waals surface area contributed by atoms with Gasteiger partial charge in [-0.15, -0.1) is 0 Å². The molecule has 2 aromatic rings. The Balaban J connectivity index is 1.80. The van der Waals surface area contributed by atoms with E-state index in [9.17, 15) is 4.79 Å². The lowest BCUT2D eigenvalue weighted by Gasteiger charge is -2.07. The normalized spacial score (nSPS) is 10.2. The number of amides is 2. The molecule has 1 aromatic carbocycles. The molecule has 0 spiro atoms. The summed E-state index contributed by atoms with van der Waals surface area (Å²) >= 11 is 11.7. The number of aromatic nitrogens is 2. The van der Waals surface area contributed by atoms with Crippen LogP contribution in [0.3, 0.4) is 0 Å². The summed E-state index contributed by atoms with van der Waals surface area (Å²) in [6.45, 7) is 0.502. The van der Waals surface area contributed by atoms with Gasteiger partial charge in [-0.25, -0.2) is 9.78 Å². The van der Waals surface area contributed by atoms with Crippen LogP contribution in [0.5, 0.6) is 0 Å². The number of urea groups is 1. The van der Waals surface area contributed by atoms with Crippen molar-refractivity contribution >= 4 is 34.9 Å². The molecule has 19 heavy (non-hydrogen) atoms. The average Bonchev–Trinajstić information content (AvgIpc) is 2.80. The molecule has 7 heteroatoms. The van der Waals surface area contributed by atoms with Crippen LogP contribution in [0.4, 0.5) is 10.5 Å². The quantitative estimate of drug-likeness (QED) is 0.812. The first-order valence-corrected chi connectivity index (χ1v) is 6.37. The van der Waals surface area contributed by atoms with E-state index in [1.54, 1.807) is 30.7 Å². The number of aromatic amines is 1. The number of hydrogen-bond donors (Lipinski definition) is 3. The van der Waals surface area contributed by atoms with Gasteiger partial charge in [-0.05, 0) is 18.2 Å². The summed E-state index contributed by atoms with van der Waals surface area (Å²) < 4.78 is 0. The molecule has 0 radical (unpaired) electrons. The molecule has 100 valence electrons. The molecule has 2 amide bonds. The van der Waals surface area contributed by atoms with Crippen molar-refractivity contribution in [2.45, 2.75) is 6.42 Å². The number of nitrogens with one attached hydrogen (secondary N) is 3. The zero-order valence-electron chi connectivity index (χ0n) is 9.91. The van der Waals surface area contributed by atoms with Gasteiger partial charge in [-0.2, -0.15) is 0 Å². The largest absolute Gasteiger partial charge is 0.348 e. The van der Waals surface area contributed by atoms with Gasteiger partial charge in [0.15, 0.2) is 0 Å². The number of halogens is 2. The topological polar surface area (TPSA) is 69.8 Å². The Morgan fingerprint density at radius 1 is 1.26 bits per heavy atom. The molecule has 0 aliphatic rings. The lowest BCUT2D eigenvalue weighted by atomic mass is 10.3. The Bertz CT molecular complexity index is 537. The van der Waals surface area contributed by atoms with E-state index in [0.29, 0.717) is 28.7 Å². The number of rotatable bonds is 4. The van der Waals surface area contributed by atoms with Gasteiger partial charge in [-0.3, -0.25) is 0 Å². The third-order valence-electron chi connectivity index (χ3n) is 2.36. The van der Waals surface area contributed by atoms with Crippen LogP contribution in [0.25, 0.3) is 0 Å². The lowest BCUT2D eigenvalue weighted by Crippen LogP contribution is -2.30. The van der Waals surface area contributed by atoms with Crippen LogP contribution in [0.1, 0.15) is 5.69 Å². The second-order valence-electron chi connectivity index (χ2n) is 3.87. The van der Waals surface area contributed by atoms with Gasteiger partial charge in [0.2, 0.25) is 0 Å². The van der Waals surface area contributed by atoms with Crippen molar-refractivity contribution in [3.63, 3.8) is 0 Å². The number of benzene rings is 1. The number of carbonyl (C=O) groups excluding carboxylic acids is 1. The summed E-state index contributed by atoms with van der Waals surface area (Å²) in [6, 6.07) is 4.55. The van der Waals surface area contributed by atoms with Crippen LogP contribution in [0, 0.1) is 0 Å². The van der Waals surface area contributed by atoms with Crippen LogP contribution < -0.4 is 10.6 Å². The fraction of sp³-hybridized carbons (Fsp3) is 0.167. The summed E-state index contributed by atoms with van der Waals surface area (Å²) in [5, 5.41) is 6.33. The van der Waals surface area contributed by atoms with Crippen LogP contribution >= 0.6 is 23.2 Å². The molecule has 0 saturated carbocycles. The van der Waals surface area contributed by atoms with Gasteiger partial charge >= 0.3 is 6.03 Å². The molecule has 0 fully saturated rings. The SMILES string of the molecule is O=C(NCCc1cnc[nH]1)Nc1cc(Cl)cc(Cl)c1. The van der Waals surface area contributed by atoms with Crippen molar-refractivity contribution in [3.05, 3.63) is 46.5 Å². The molecule has 0 atom stereocenters. The van der Waals surface area contributed by atoms with Crippen molar-refractivity contribution in [2.75, 3.05) is 11.9 Å². The van der Waals surface area contributed by atoms with E-state index in [1.807, 2.05) is 0 Å². The Kier molecular flexibility index (Phi) is 4.65. The number of nitrogens with zero attached hydrogens (tertiary/aromatic N) is 1. The number of H-pyrrole nitrogens is 1. The van der Waals surface area contributed by atoms with Crippen LogP contribution in [0.15, 0.2) is 30.7 Å². The van der Waals surface area contributed by atoms with Gasteiger partial charge in [0.25, 0.3) is 0 Å². The summed E-state index contributed by atoms with van der Waals surface area (Å²) in [5.74, 6) is 0. The van der Waals surface area contributed by atoms with Gasteiger partial charge < -0.3 is 15.6 Å². The fourth-order valence-electron chi connectivity index (χ4n) is 1.53. The molecule has 0 unspecified atom stereocenters. The minimum absolute atomic E-state index is 0.308. The first kappa shape index (κ1) is 13.7. The summed E-state index contributed by atoms with van der Waals surface area (Å²) in [4.78, 5) is 18.5. The van der Waals surface area contributed by atoms with E-state index < -0.39 is 0 Å². The standard InChI is InChI=1S/C12H12Cl2N4O/c13-8-3-9(14)5-11(4-8)18-12(19)16-2-1-10-6-15-7-17-10/h3-7H,1-2H2,(H,15,17)(H2,16,18,19). The Hall–Kier alpha value is -1.72. The number of anilines is 1. The summed E-state index contributed by atoms with van der Waals surface area (Å²) in [5.41, 5.74) is 1.52. The summed E-state index contributed by atoms with van der Waals surface area (Å²) in [6.07, 6.45) is 4.00. The molecule has 5 nitrogen and oxygen atoms in total. The second-order valence-corrected chi connectivity index (χ2v) is 4.74. The number of hydrogen-bond acceptors (Lipinski definition) is 2. The molecule has 1 aromatic heterocycles. The maximum Gasteiger partial charge on any atom is 0.319 e. The van der Waals surface area contributed by atoms with E-state index in [2.05, 4.69) is 20.6 Å². The van der Waals surface area contributed by atoms with Gasteiger partial charge in [0, 0.05) is 40.6 Å². The average molecular weight is 299 g/mol. The Morgan fingerprint density at radius 2 is 2.00 bits per heavy atom. The molecular weight excluding hydrogens is 287 g/mol. The molecule has 0 bridgehead atoms. The van der Waals surface area contributed by atoms with Crippen molar-refractivity contribution in [1.82, 2.24) is 15.3 Å². The van der Waals surface area contributed by atoms with Crippen LogP contribution in [0.2, 0.25) is 10.0 Å². The van der Waals surface area contributed by atoms with Gasteiger partial charge in [-0.1, -0.05) is 23.2 Å². The third kappa shape index (κ3) is 4.46. The monoisotopic (exact) mass is 298 g/mol. The first-order valence-electron chi connectivity index (χ1n) is 5.61. The van der Waals surface area contributed by atoms with Gasteiger partial charge in [0.05, 0.1) is 6.33 Å². The lowest BCUT2D eigenvalue weighted by molar-refractivity contribution is 0.252. The van der Waals surface area contributed by atoms with E-state index in [-0.39, 0.29) is 6.03 Å². The molecule has 2 rings (SSSR count). The zero-order chi connectivity index (χ0) is 13.7. The summed E-state index contributed by atoms with van der Waals surface area (Å²) in [7, 11) is 0. The van der Waals surface area contributed by atoms with E-state index in [4.69, 9.17) is 23.2 Å². The highest BCUT2D eigenvalue weighted by Gasteiger charge is 2.03. The second kappa shape index (κ2) is 6.45. The van der Waals surface area contributed by atoms with E-state index >= 15 is 0 Å². The van der Waals surface area contributed by atoms with E-state index in [1.165, 1.54) is 0 Å². The van der Waals surface area contributed by atoms with Crippen molar-refractivity contribution in [3.8, 4) is 0 Å². The number of imidazole rings is 1. The van der Waals surface area contributed by atoms with Gasteiger partial charge in [0.1, 0.15) is 0 Å². The molecule has 0 aliphatic heterocycles. The molecule has 0 aliphatic carbocycles. The van der Waals surface area contributed by atoms with Crippen LogP contribution in [-0.4, -0.2) is 22.5 Å². The van der Waals surface area contributed by atoms with Crippen molar-refractivity contribution in [1.29, 1.82) is 0 Å².